The molecule has 0 bridgehead atoms. The summed E-state index contributed by atoms with van der Waals surface area (Å²) in [5.74, 6) is 1.88. The van der Waals surface area contributed by atoms with Crippen LogP contribution < -0.4 is 5.73 Å². The fourth-order valence-corrected chi connectivity index (χ4v) is 5.11. The van der Waals surface area contributed by atoms with Crippen molar-refractivity contribution in [3.63, 3.8) is 0 Å². The maximum absolute atomic E-state index is 6.38. The Morgan fingerprint density at radius 1 is 1.16 bits per heavy atom. The molecule has 2 aromatic carbocycles. The number of anilines is 1. The Bertz CT molecular complexity index is 898. The summed E-state index contributed by atoms with van der Waals surface area (Å²) in [7, 11) is 0. The van der Waals surface area contributed by atoms with E-state index in [1.54, 1.807) is 11.8 Å². The summed E-state index contributed by atoms with van der Waals surface area (Å²) in [4.78, 5) is 4.30. The lowest BCUT2D eigenvalue weighted by Gasteiger charge is -2.21. The first-order valence-electron chi connectivity index (χ1n) is 7.66. The van der Waals surface area contributed by atoms with Crippen LogP contribution in [0, 0.1) is 13.8 Å². The lowest BCUT2D eigenvalue weighted by molar-refractivity contribution is 0.387. The monoisotopic (exact) mass is 481 g/mol. The van der Waals surface area contributed by atoms with Crippen molar-refractivity contribution >= 4 is 49.3 Å². The molecule has 0 saturated heterocycles. The van der Waals surface area contributed by atoms with Crippen LogP contribution in [0.3, 0.4) is 0 Å². The van der Waals surface area contributed by atoms with Gasteiger partial charge in [0.1, 0.15) is 0 Å². The predicted octanol–water partition coefficient (Wildman–Crippen LogP) is 5.82. The van der Waals surface area contributed by atoms with Gasteiger partial charge in [-0.2, -0.15) is 4.98 Å². The number of aromatic nitrogens is 2. The third-order valence-electron chi connectivity index (χ3n) is 3.82. The third-order valence-corrected chi connectivity index (χ3v) is 6.19. The van der Waals surface area contributed by atoms with Crippen molar-refractivity contribution in [2.75, 3.05) is 5.73 Å². The number of hydrogen-bond donors (Lipinski definition) is 1. The summed E-state index contributed by atoms with van der Waals surface area (Å²) in [6.45, 7) is 3.93. The second-order valence-corrected chi connectivity index (χ2v) is 8.54. The van der Waals surface area contributed by atoms with Crippen LogP contribution in [-0.4, -0.2) is 10.1 Å². The van der Waals surface area contributed by atoms with Crippen molar-refractivity contribution in [2.24, 2.45) is 0 Å². The normalized spacial score (nSPS) is 12.3. The number of nitrogens with two attached hydrogens (primary N) is 1. The molecule has 0 radical (unpaired) electrons. The molecule has 0 aliphatic heterocycles. The minimum absolute atomic E-state index is 0.0576. The van der Waals surface area contributed by atoms with E-state index in [1.165, 1.54) is 11.1 Å². The lowest BCUT2D eigenvalue weighted by Crippen LogP contribution is -2.05. The molecule has 3 aromatic rings. The zero-order valence-corrected chi connectivity index (χ0v) is 17.8. The van der Waals surface area contributed by atoms with Gasteiger partial charge in [0.15, 0.2) is 5.82 Å². The second-order valence-electron chi connectivity index (χ2n) is 5.67. The first-order valence-corrected chi connectivity index (χ1v) is 10.3. The van der Waals surface area contributed by atoms with Crippen molar-refractivity contribution in [3.05, 3.63) is 73.7 Å². The molecule has 0 fully saturated rings. The van der Waals surface area contributed by atoms with Gasteiger partial charge in [-0.15, -0.1) is 11.8 Å². The fourth-order valence-electron chi connectivity index (χ4n) is 2.60. The number of aryl methyl sites for hydroxylation is 2. The number of halogens is 2. The van der Waals surface area contributed by atoms with Gasteiger partial charge in [-0.25, -0.2) is 0 Å². The molecule has 0 saturated carbocycles. The summed E-state index contributed by atoms with van der Waals surface area (Å²) in [5, 5.41) is 3.92. The van der Waals surface area contributed by atoms with Crippen LogP contribution in [-0.2, 0) is 5.75 Å². The first kappa shape index (κ1) is 18.5. The van der Waals surface area contributed by atoms with E-state index in [-0.39, 0.29) is 5.25 Å². The van der Waals surface area contributed by atoms with Gasteiger partial charge >= 0.3 is 0 Å². The maximum Gasteiger partial charge on any atom is 0.236 e. The molecule has 7 heteroatoms. The Labute approximate surface area is 167 Å². The number of hydrogen-bond acceptors (Lipinski definition) is 5. The third kappa shape index (κ3) is 4.27. The molecule has 2 N–H and O–H groups in total. The highest BCUT2D eigenvalue weighted by atomic mass is 79.9. The standard InChI is InChI=1S/C18H17Br2N3OS/c1-10-5-3-4-6-13(10)18(25-9-16-22-11(2)23-24-16)14-7-12(19)8-15(20)17(14)21/h3-8,18H,9,21H2,1-2H3. The first-order chi connectivity index (χ1) is 12.0. The quantitative estimate of drug-likeness (QED) is 0.464. The van der Waals surface area contributed by atoms with Gasteiger partial charge < -0.3 is 10.3 Å². The Morgan fingerprint density at radius 3 is 2.60 bits per heavy atom. The molecule has 130 valence electrons. The number of rotatable bonds is 5. The molecular weight excluding hydrogens is 466 g/mol. The molecule has 1 atom stereocenters. The minimum atomic E-state index is 0.0576. The van der Waals surface area contributed by atoms with Gasteiger partial charge in [0, 0.05) is 8.95 Å². The number of nitrogen functional groups attached to an aromatic ring is 1. The van der Waals surface area contributed by atoms with Crippen molar-refractivity contribution in [2.45, 2.75) is 24.9 Å². The minimum Gasteiger partial charge on any atom is -0.398 e. The van der Waals surface area contributed by atoms with E-state index in [9.17, 15) is 0 Å². The lowest BCUT2D eigenvalue weighted by atomic mass is 9.99. The van der Waals surface area contributed by atoms with Crippen LogP contribution in [0.2, 0.25) is 0 Å². The molecule has 0 aliphatic rings. The number of nitrogens with zero attached hydrogens (tertiary/aromatic N) is 2. The van der Waals surface area contributed by atoms with Crippen LogP contribution in [0.15, 0.2) is 49.9 Å². The molecule has 0 spiro atoms. The van der Waals surface area contributed by atoms with Crippen LogP contribution in [0.1, 0.15) is 33.7 Å². The van der Waals surface area contributed by atoms with Gasteiger partial charge in [0.05, 0.1) is 16.7 Å². The predicted molar refractivity (Wildman–Crippen MR) is 110 cm³/mol. The molecule has 1 aromatic heterocycles. The summed E-state index contributed by atoms with van der Waals surface area (Å²) < 4.78 is 7.12. The summed E-state index contributed by atoms with van der Waals surface area (Å²) in [6, 6.07) is 12.4. The molecule has 1 heterocycles. The Hall–Kier alpha value is -1.31. The van der Waals surface area contributed by atoms with E-state index < -0.39 is 0 Å². The van der Waals surface area contributed by atoms with Crippen LogP contribution in [0.25, 0.3) is 0 Å². The Balaban J connectivity index is 2.02. The largest absolute Gasteiger partial charge is 0.398 e. The number of benzene rings is 2. The van der Waals surface area contributed by atoms with Gasteiger partial charge in [-0.05, 0) is 58.6 Å². The van der Waals surface area contributed by atoms with Crippen molar-refractivity contribution in [3.8, 4) is 0 Å². The van der Waals surface area contributed by atoms with E-state index in [0.29, 0.717) is 17.5 Å². The van der Waals surface area contributed by atoms with Gasteiger partial charge in [0.2, 0.25) is 5.89 Å². The average Bonchev–Trinajstić information content (AvgIpc) is 2.99. The average molecular weight is 483 g/mol. The Morgan fingerprint density at radius 2 is 1.92 bits per heavy atom. The zero-order chi connectivity index (χ0) is 18.0. The SMILES string of the molecule is Cc1noc(CSC(c2ccccc2C)c2cc(Br)cc(Br)c2N)n1. The molecule has 0 amide bonds. The molecule has 4 nitrogen and oxygen atoms in total. The second kappa shape index (κ2) is 7.93. The molecule has 25 heavy (non-hydrogen) atoms. The number of thioether (sulfide) groups is 1. The summed E-state index contributed by atoms with van der Waals surface area (Å²) >= 11 is 8.84. The van der Waals surface area contributed by atoms with Crippen molar-refractivity contribution in [1.82, 2.24) is 10.1 Å². The smallest absolute Gasteiger partial charge is 0.236 e. The topological polar surface area (TPSA) is 64.9 Å². The molecular formula is C18H17Br2N3OS. The zero-order valence-electron chi connectivity index (χ0n) is 13.8. The van der Waals surface area contributed by atoms with Gasteiger partial charge in [0.25, 0.3) is 0 Å². The van der Waals surface area contributed by atoms with E-state index >= 15 is 0 Å². The van der Waals surface area contributed by atoms with Crippen LogP contribution in [0.5, 0.6) is 0 Å². The highest BCUT2D eigenvalue weighted by Crippen LogP contribution is 2.44. The molecule has 3 rings (SSSR count). The van der Waals surface area contributed by atoms with E-state index in [0.717, 1.165) is 20.2 Å². The van der Waals surface area contributed by atoms with E-state index in [1.807, 2.05) is 19.1 Å². The van der Waals surface area contributed by atoms with Crippen molar-refractivity contribution in [1.29, 1.82) is 0 Å². The maximum atomic E-state index is 6.38. The highest BCUT2D eigenvalue weighted by molar-refractivity contribution is 9.11. The summed E-state index contributed by atoms with van der Waals surface area (Å²) in [6.07, 6.45) is 0. The van der Waals surface area contributed by atoms with E-state index in [4.69, 9.17) is 10.3 Å². The van der Waals surface area contributed by atoms with Crippen LogP contribution >= 0.6 is 43.6 Å². The fraction of sp³-hybridized carbons (Fsp3) is 0.222. The molecule has 1 unspecified atom stereocenters. The van der Waals surface area contributed by atoms with Gasteiger partial charge in [-0.3, -0.25) is 0 Å². The summed E-state index contributed by atoms with van der Waals surface area (Å²) in [5.41, 5.74) is 10.6. The van der Waals surface area contributed by atoms with Gasteiger partial charge in [-0.1, -0.05) is 45.4 Å². The highest BCUT2D eigenvalue weighted by Gasteiger charge is 2.22. The van der Waals surface area contributed by atoms with Crippen molar-refractivity contribution < 1.29 is 4.52 Å². The van der Waals surface area contributed by atoms with Crippen LogP contribution in [0.4, 0.5) is 5.69 Å². The van der Waals surface area contributed by atoms with E-state index in [2.05, 4.69) is 73.2 Å². The Kier molecular flexibility index (Phi) is 5.86. The molecule has 0 aliphatic carbocycles.